The molecule has 130 valence electrons. The average molecular weight is 338 g/mol. The van der Waals surface area contributed by atoms with Gasteiger partial charge in [0.25, 0.3) is 0 Å². The van der Waals surface area contributed by atoms with Crippen molar-refractivity contribution in [3.8, 4) is 17.6 Å². The molecule has 0 fully saturated rings. The first-order valence-corrected chi connectivity index (χ1v) is 8.12. The highest BCUT2D eigenvalue weighted by Crippen LogP contribution is 2.27. The molecule has 5 nitrogen and oxygen atoms in total. The van der Waals surface area contributed by atoms with Gasteiger partial charge in [-0.05, 0) is 41.8 Å². The summed E-state index contributed by atoms with van der Waals surface area (Å²) >= 11 is 0. The molecule has 0 unspecified atom stereocenters. The van der Waals surface area contributed by atoms with Crippen LogP contribution in [0.3, 0.4) is 0 Å². The molecule has 2 aromatic rings. The molecule has 5 heteroatoms. The van der Waals surface area contributed by atoms with Crippen molar-refractivity contribution in [3.63, 3.8) is 0 Å². The standard InChI is InChI=1S/C20H22N2O3/c1-4-14-7-5-6-8-18(14)22-20(23)16(13-21)11-15-12-17(24-2)9-10-19(15)25-3/h5-10,12,16H,4,11H2,1-3H3,(H,22,23)/t16-/m1/s1. The quantitative estimate of drug-likeness (QED) is 0.837. The number of anilines is 1. The van der Waals surface area contributed by atoms with Crippen LogP contribution in [0.2, 0.25) is 0 Å². The highest BCUT2D eigenvalue weighted by atomic mass is 16.5. The van der Waals surface area contributed by atoms with Crippen LogP contribution in [0, 0.1) is 17.2 Å². The zero-order valence-electron chi connectivity index (χ0n) is 14.7. The molecule has 1 amide bonds. The number of nitrogens with one attached hydrogen (secondary N) is 1. The van der Waals surface area contributed by atoms with Gasteiger partial charge < -0.3 is 14.8 Å². The Kier molecular flexibility index (Phi) is 6.41. The fraction of sp³-hybridized carbons (Fsp3) is 0.300. The van der Waals surface area contributed by atoms with Crippen molar-refractivity contribution in [2.24, 2.45) is 5.92 Å². The number of benzene rings is 2. The van der Waals surface area contributed by atoms with Crippen molar-refractivity contribution in [2.45, 2.75) is 19.8 Å². The maximum atomic E-state index is 12.6. The van der Waals surface area contributed by atoms with E-state index in [1.807, 2.05) is 31.2 Å². The van der Waals surface area contributed by atoms with Gasteiger partial charge in [0.2, 0.25) is 5.91 Å². The smallest absolute Gasteiger partial charge is 0.242 e. The van der Waals surface area contributed by atoms with Crippen LogP contribution in [-0.4, -0.2) is 20.1 Å². The van der Waals surface area contributed by atoms with Gasteiger partial charge in [0, 0.05) is 12.1 Å². The number of carbonyl (C=O) groups is 1. The Morgan fingerprint density at radius 1 is 1.16 bits per heavy atom. The van der Waals surface area contributed by atoms with Gasteiger partial charge in [-0.3, -0.25) is 4.79 Å². The van der Waals surface area contributed by atoms with Gasteiger partial charge >= 0.3 is 0 Å². The van der Waals surface area contributed by atoms with E-state index in [0.717, 1.165) is 23.2 Å². The Hall–Kier alpha value is -3.00. The highest BCUT2D eigenvalue weighted by Gasteiger charge is 2.21. The number of ether oxygens (including phenoxy) is 2. The van der Waals surface area contributed by atoms with E-state index in [1.165, 1.54) is 0 Å². The minimum absolute atomic E-state index is 0.247. The topological polar surface area (TPSA) is 71.4 Å². The molecule has 25 heavy (non-hydrogen) atoms. The number of nitrogens with zero attached hydrogens (tertiary/aromatic N) is 1. The molecule has 0 aromatic heterocycles. The number of nitriles is 1. The van der Waals surface area contributed by atoms with E-state index in [1.54, 1.807) is 32.4 Å². The third-order valence-corrected chi connectivity index (χ3v) is 4.04. The molecule has 0 bridgehead atoms. The summed E-state index contributed by atoms with van der Waals surface area (Å²) in [6.07, 6.45) is 1.05. The summed E-state index contributed by atoms with van der Waals surface area (Å²) in [4.78, 5) is 12.6. The number of amides is 1. The Morgan fingerprint density at radius 3 is 2.56 bits per heavy atom. The Labute approximate surface area is 148 Å². The molecule has 2 aromatic carbocycles. The molecule has 0 heterocycles. The Morgan fingerprint density at radius 2 is 1.92 bits per heavy atom. The summed E-state index contributed by atoms with van der Waals surface area (Å²) in [5.74, 6) is 0.131. The summed E-state index contributed by atoms with van der Waals surface area (Å²) < 4.78 is 10.5. The van der Waals surface area contributed by atoms with Gasteiger partial charge in [-0.15, -0.1) is 0 Å². The number of para-hydroxylation sites is 1. The summed E-state index contributed by atoms with van der Waals surface area (Å²) in [5.41, 5.74) is 2.53. The Balaban J connectivity index is 2.20. The summed E-state index contributed by atoms with van der Waals surface area (Å²) in [6, 6.07) is 15.0. The summed E-state index contributed by atoms with van der Waals surface area (Å²) in [6.45, 7) is 2.02. The molecule has 0 saturated heterocycles. The maximum absolute atomic E-state index is 12.6. The predicted molar refractivity (Wildman–Crippen MR) is 96.8 cm³/mol. The number of rotatable bonds is 7. The van der Waals surface area contributed by atoms with Crippen LogP contribution in [0.1, 0.15) is 18.1 Å². The van der Waals surface area contributed by atoms with E-state index in [9.17, 15) is 10.1 Å². The minimum Gasteiger partial charge on any atom is -0.497 e. The van der Waals surface area contributed by atoms with Crippen LogP contribution < -0.4 is 14.8 Å². The monoisotopic (exact) mass is 338 g/mol. The second-order valence-corrected chi connectivity index (χ2v) is 5.56. The lowest BCUT2D eigenvalue weighted by Gasteiger charge is -2.15. The van der Waals surface area contributed by atoms with Gasteiger partial charge in [0.1, 0.15) is 17.4 Å². The molecule has 0 spiro atoms. The third kappa shape index (κ3) is 4.51. The number of hydrogen-bond donors (Lipinski definition) is 1. The average Bonchev–Trinajstić information content (AvgIpc) is 2.66. The molecule has 2 rings (SSSR count). The fourth-order valence-electron chi connectivity index (χ4n) is 2.63. The predicted octanol–water partition coefficient (Wildman–Crippen LogP) is 3.59. The molecular weight excluding hydrogens is 316 g/mol. The van der Waals surface area contributed by atoms with Crippen LogP contribution in [-0.2, 0) is 17.6 Å². The van der Waals surface area contributed by atoms with Crippen molar-refractivity contribution < 1.29 is 14.3 Å². The van der Waals surface area contributed by atoms with Gasteiger partial charge in [-0.1, -0.05) is 25.1 Å². The number of methoxy groups -OCH3 is 2. The van der Waals surface area contributed by atoms with E-state index < -0.39 is 5.92 Å². The van der Waals surface area contributed by atoms with Crippen LogP contribution >= 0.6 is 0 Å². The van der Waals surface area contributed by atoms with E-state index >= 15 is 0 Å². The Bertz CT molecular complexity index is 781. The summed E-state index contributed by atoms with van der Waals surface area (Å²) in [5, 5.41) is 12.3. The number of hydrogen-bond acceptors (Lipinski definition) is 4. The second kappa shape index (κ2) is 8.74. The first-order valence-electron chi connectivity index (χ1n) is 8.12. The highest BCUT2D eigenvalue weighted by molar-refractivity contribution is 5.95. The normalized spacial score (nSPS) is 11.3. The van der Waals surface area contributed by atoms with Crippen LogP contribution in [0.4, 0.5) is 5.69 Å². The molecular formula is C20H22N2O3. The molecule has 1 N–H and O–H groups in total. The molecule has 0 aliphatic rings. The van der Waals surface area contributed by atoms with Gasteiger partial charge in [-0.25, -0.2) is 0 Å². The molecule has 0 saturated carbocycles. The van der Waals surface area contributed by atoms with Gasteiger partial charge in [-0.2, -0.15) is 5.26 Å². The number of carbonyl (C=O) groups excluding carboxylic acids is 1. The third-order valence-electron chi connectivity index (χ3n) is 4.04. The first kappa shape index (κ1) is 18.3. The van der Waals surface area contributed by atoms with E-state index in [0.29, 0.717) is 11.5 Å². The van der Waals surface area contributed by atoms with Crippen molar-refractivity contribution in [1.82, 2.24) is 0 Å². The SMILES string of the molecule is CCc1ccccc1NC(=O)[C@@H](C#N)Cc1cc(OC)ccc1OC. The van der Waals surface area contributed by atoms with E-state index in [2.05, 4.69) is 11.4 Å². The summed E-state index contributed by atoms with van der Waals surface area (Å²) in [7, 11) is 3.13. The van der Waals surface area contributed by atoms with Crippen molar-refractivity contribution in [2.75, 3.05) is 19.5 Å². The lowest BCUT2D eigenvalue weighted by atomic mass is 9.98. The minimum atomic E-state index is -0.828. The van der Waals surface area contributed by atoms with Crippen LogP contribution in [0.25, 0.3) is 0 Å². The lowest BCUT2D eigenvalue weighted by molar-refractivity contribution is -0.118. The lowest BCUT2D eigenvalue weighted by Crippen LogP contribution is -2.24. The molecule has 0 aliphatic heterocycles. The van der Waals surface area contributed by atoms with Crippen molar-refractivity contribution >= 4 is 11.6 Å². The largest absolute Gasteiger partial charge is 0.497 e. The molecule has 0 aliphatic carbocycles. The zero-order valence-corrected chi connectivity index (χ0v) is 14.7. The fourth-order valence-corrected chi connectivity index (χ4v) is 2.63. The van der Waals surface area contributed by atoms with Crippen molar-refractivity contribution in [1.29, 1.82) is 5.26 Å². The molecule has 1 atom stereocenters. The first-order chi connectivity index (χ1) is 12.1. The van der Waals surface area contributed by atoms with E-state index in [-0.39, 0.29) is 12.3 Å². The number of aryl methyl sites for hydroxylation is 1. The second-order valence-electron chi connectivity index (χ2n) is 5.56. The van der Waals surface area contributed by atoms with Gasteiger partial charge in [0.15, 0.2) is 0 Å². The zero-order chi connectivity index (χ0) is 18.2. The van der Waals surface area contributed by atoms with Crippen LogP contribution in [0.15, 0.2) is 42.5 Å². The van der Waals surface area contributed by atoms with E-state index in [4.69, 9.17) is 9.47 Å². The maximum Gasteiger partial charge on any atom is 0.242 e. The van der Waals surface area contributed by atoms with Crippen molar-refractivity contribution in [3.05, 3.63) is 53.6 Å². The van der Waals surface area contributed by atoms with Crippen LogP contribution in [0.5, 0.6) is 11.5 Å². The molecule has 0 radical (unpaired) electrons. The van der Waals surface area contributed by atoms with Gasteiger partial charge in [0.05, 0.1) is 20.3 Å².